The lowest BCUT2D eigenvalue weighted by molar-refractivity contribution is -0.144. The maximum absolute atomic E-state index is 13.7. The van der Waals surface area contributed by atoms with Crippen molar-refractivity contribution in [2.24, 2.45) is 10.9 Å². The van der Waals surface area contributed by atoms with Gasteiger partial charge in [-0.2, -0.15) is 0 Å². The number of methoxy groups -OCH3 is 1. The fourth-order valence-corrected chi connectivity index (χ4v) is 5.62. The number of aliphatic imine (C=N–C) groups is 1. The Morgan fingerprint density at radius 1 is 1.24 bits per heavy atom. The van der Waals surface area contributed by atoms with Crippen LogP contribution in [0.2, 0.25) is 0 Å². The molecule has 7 heteroatoms. The fourth-order valence-electron chi connectivity index (χ4n) is 5.62. The quantitative estimate of drug-likeness (QED) is 0.729. The lowest BCUT2D eigenvalue weighted by atomic mass is 9.83. The first-order valence-corrected chi connectivity index (χ1v) is 12.4. The van der Waals surface area contributed by atoms with Crippen LogP contribution in [-0.4, -0.2) is 65.4 Å². The molecule has 0 bridgehead atoms. The number of aromatic amines is 1. The molecule has 0 saturated carbocycles. The Morgan fingerprint density at radius 3 is 2.82 bits per heavy atom. The molecule has 2 saturated heterocycles. The predicted octanol–water partition coefficient (Wildman–Crippen LogP) is 3.81. The molecule has 5 rings (SSSR count). The number of carbonyl (C=O) groups is 1. The van der Waals surface area contributed by atoms with Gasteiger partial charge in [0.2, 0.25) is 5.91 Å². The van der Waals surface area contributed by atoms with Crippen LogP contribution in [0.3, 0.4) is 0 Å². The molecule has 0 aliphatic carbocycles. The number of allylic oxidation sites excluding steroid dienone is 2. The summed E-state index contributed by atoms with van der Waals surface area (Å²) in [5.74, 6) is 2.57. The van der Waals surface area contributed by atoms with Crippen molar-refractivity contribution in [3.05, 3.63) is 60.1 Å². The zero-order valence-electron chi connectivity index (χ0n) is 20.3. The Bertz CT molecular complexity index is 1140. The monoisotopic (exact) mass is 461 g/mol. The van der Waals surface area contributed by atoms with E-state index in [2.05, 4.69) is 46.9 Å². The molecule has 0 radical (unpaired) electrons. The second-order valence-electron chi connectivity index (χ2n) is 9.80. The van der Waals surface area contributed by atoms with Crippen LogP contribution < -0.4 is 5.32 Å². The SMILES string of the molecule is C=C1/C=C(/OC)CCC(C)C(N2CCC3(CC2)NCCN(Cc2c[nH]c4ccccc24)C3=O)=N1. The molecule has 1 spiro atoms. The lowest BCUT2D eigenvalue weighted by Gasteiger charge is -2.48. The molecule has 1 amide bonds. The van der Waals surface area contributed by atoms with E-state index in [1.54, 1.807) is 7.11 Å². The highest BCUT2D eigenvalue weighted by atomic mass is 16.5. The van der Waals surface area contributed by atoms with Crippen molar-refractivity contribution in [2.45, 2.75) is 44.7 Å². The molecule has 4 heterocycles. The molecule has 1 aromatic heterocycles. The van der Waals surface area contributed by atoms with E-state index >= 15 is 0 Å². The number of fused-ring (bicyclic) bond motifs is 1. The lowest BCUT2D eigenvalue weighted by Crippen LogP contribution is -2.67. The topological polar surface area (TPSA) is 73.0 Å². The van der Waals surface area contributed by atoms with Gasteiger partial charge >= 0.3 is 0 Å². The highest BCUT2D eigenvalue weighted by Gasteiger charge is 2.46. The van der Waals surface area contributed by atoms with Crippen molar-refractivity contribution < 1.29 is 9.53 Å². The first-order chi connectivity index (χ1) is 16.5. The number of nitrogens with one attached hydrogen (secondary N) is 2. The molecule has 2 fully saturated rings. The number of carbonyl (C=O) groups excluding carboxylic acids is 1. The van der Waals surface area contributed by atoms with E-state index in [4.69, 9.17) is 9.73 Å². The number of nitrogens with zero attached hydrogens (tertiary/aromatic N) is 3. The van der Waals surface area contributed by atoms with Crippen LogP contribution in [0.25, 0.3) is 10.9 Å². The maximum Gasteiger partial charge on any atom is 0.243 e. The molecule has 180 valence electrons. The van der Waals surface area contributed by atoms with Crippen LogP contribution in [0.15, 0.2) is 59.6 Å². The summed E-state index contributed by atoms with van der Waals surface area (Å²) in [6.07, 6.45) is 7.42. The maximum atomic E-state index is 13.7. The number of benzene rings is 1. The number of ether oxygens (including phenoxy) is 1. The summed E-state index contributed by atoms with van der Waals surface area (Å²) in [4.78, 5) is 26.3. The summed E-state index contributed by atoms with van der Waals surface area (Å²) in [6.45, 7) is 10.2. The number of aromatic nitrogens is 1. The second kappa shape index (κ2) is 9.29. The van der Waals surface area contributed by atoms with Gasteiger partial charge in [-0.05, 0) is 30.9 Å². The summed E-state index contributed by atoms with van der Waals surface area (Å²) < 4.78 is 5.45. The molecular formula is C27H35N5O2. The molecule has 3 aliphatic rings. The number of amides is 1. The van der Waals surface area contributed by atoms with Gasteiger partial charge in [-0.15, -0.1) is 0 Å². The van der Waals surface area contributed by atoms with Gasteiger partial charge in [-0.1, -0.05) is 31.7 Å². The van der Waals surface area contributed by atoms with Gasteiger partial charge in [-0.3, -0.25) is 4.79 Å². The average Bonchev–Trinajstić information content (AvgIpc) is 3.25. The largest absolute Gasteiger partial charge is 0.501 e. The van der Waals surface area contributed by atoms with Crippen molar-refractivity contribution in [2.75, 3.05) is 33.3 Å². The Kier molecular flexibility index (Phi) is 6.21. The van der Waals surface area contributed by atoms with E-state index in [-0.39, 0.29) is 5.91 Å². The minimum Gasteiger partial charge on any atom is -0.501 e. The number of rotatable bonds is 3. The summed E-state index contributed by atoms with van der Waals surface area (Å²) in [6, 6.07) is 8.29. The minimum atomic E-state index is -0.480. The predicted molar refractivity (Wildman–Crippen MR) is 135 cm³/mol. The van der Waals surface area contributed by atoms with Gasteiger partial charge in [0.15, 0.2) is 0 Å². The summed E-state index contributed by atoms with van der Waals surface area (Å²) >= 11 is 0. The zero-order valence-corrected chi connectivity index (χ0v) is 20.3. The Hall–Kier alpha value is -3.06. The number of likely N-dealkylation sites (tertiary alicyclic amines) is 1. The van der Waals surface area contributed by atoms with E-state index < -0.39 is 5.54 Å². The van der Waals surface area contributed by atoms with Crippen LogP contribution in [0, 0.1) is 5.92 Å². The van der Waals surface area contributed by atoms with Crippen LogP contribution in [-0.2, 0) is 16.1 Å². The number of amidine groups is 1. The number of H-pyrrole nitrogens is 1. The number of hydrogen-bond acceptors (Lipinski definition) is 5. The standard InChI is InChI=1S/C27H35N5O2/c1-19-8-9-22(34-3)16-20(2)30-25(19)31-13-10-27(11-14-31)26(33)32(15-12-29-27)18-21-17-28-24-7-5-4-6-23(21)24/h4-7,16-17,19,28-29H,2,8-15,18H2,1,3H3/b22-16+,30-25?. The number of piperidine rings is 1. The summed E-state index contributed by atoms with van der Waals surface area (Å²) in [5, 5.41) is 4.80. The molecule has 34 heavy (non-hydrogen) atoms. The van der Waals surface area contributed by atoms with Gasteiger partial charge in [0, 0.05) is 68.2 Å². The molecule has 1 atom stereocenters. The third-order valence-corrected chi connectivity index (χ3v) is 7.63. The molecule has 1 unspecified atom stereocenters. The zero-order chi connectivity index (χ0) is 23.7. The van der Waals surface area contributed by atoms with Crippen molar-refractivity contribution in [1.82, 2.24) is 20.1 Å². The highest BCUT2D eigenvalue weighted by Crippen LogP contribution is 2.31. The van der Waals surface area contributed by atoms with Crippen molar-refractivity contribution >= 4 is 22.6 Å². The third-order valence-electron chi connectivity index (χ3n) is 7.63. The Balaban J connectivity index is 1.29. The first-order valence-electron chi connectivity index (χ1n) is 12.4. The van der Waals surface area contributed by atoms with E-state index in [1.807, 2.05) is 23.2 Å². The van der Waals surface area contributed by atoms with Crippen LogP contribution in [0.4, 0.5) is 0 Å². The van der Waals surface area contributed by atoms with Gasteiger partial charge < -0.3 is 24.8 Å². The van der Waals surface area contributed by atoms with Gasteiger partial charge in [0.1, 0.15) is 11.4 Å². The number of hydrogen-bond donors (Lipinski definition) is 2. The number of piperazine rings is 1. The van der Waals surface area contributed by atoms with Gasteiger partial charge in [-0.25, -0.2) is 4.99 Å². The molecule has 2 aromatic rings. The molecule has 1 aromatic carbocycles. The summed E-state index contributed by atoms with van der Waals surface area (Å²) in [7, 11) is 1.70. The third kappa shape index (κ3) is 4.25. The van der Waals surface area contributed by atoms with Gasteiger partial charge in [0.05, 0.1) is 18.6 Å². The second-order valence-corrected chi connectivity index (χ2v) is 9.80. The van der Waals surface area contributed by atoms with Crippen molar-refractivity contribution in [1.29, 1.82) is 0 Å². The summed E-state index contributed by atoms with van der Waals surface area (Å²) in [5.41, 5.74) is 2.55. The molecule has 2 N–H and O–H groups in total. The van der Waals surface area contributed by atoms with Crippen molar-refractivity contribution in [3.63, 3.8) is 0 Å². The average molecular weight is 462 g/mol. The smallest absolute Gasteiger partial charge is 0.243 e. The molecule has 7 nitrogen and oxygen atoms in total. The molecule has 3 aliphatic heterocycles. The van der Waals surface area contributed by atoms with E-state index in [1.165, 1.54) is 10.9 Å². The first kappa shape index (κ1) is 22.7. The van der Waals surface area contributed by atoms with E-state index in [9.17, 15) is 4.79 Å². The van der Waals surface area contributed by atoms with Gasteiger partial charge in [0.25, 0.3) is 0 Å². The van der Waals surface area contributed by atoms with E-state index in [0.717, 1.165) is 74.7 Å². The van der Waals surface area contributed by atoms with Crippen molar-refractivity contribution in [3.8, 4) is 0 Å². The number of para-hydroxylation sites is 1. The highest BCUT2D eigenvalue weighted by molar-refractivity contribution is 5.90. The Labute approximate surface area is 201 Å². The van der Waals surface area contributed by atoms with Crippen LogP contribution >= 0.6 is 0 Å². The van der Waals surface area contributed by atoms with Crippen LogP contribution in [0.5, 0.6) is 0 Å². The molecular weight excluding hydrogens is 426 g/mol. The van der Waals surface area contributed by atoms with Crippen LogP contribution in [0.1, 0.15) is 38.2 Å². The van der Waals surface area contributed by atoms with E-state index in [0.29, 0.717) is 12.5 Å². The Morgan fingerprint density at radius 2 is 2.03 bits per heavy atom. The minimum absolute atomic E-state index is 0.230. The normalized spacial score (nSPS) is 25.1. The fraction of sp³-hybridized carbons (Fsp3) is 0.481.